The minimum atomic E-state index is -0.351. The van der Waals surface area contributed by atoms with Gasteiger partial charge in [0.1, 0.15) is 0 Å². The van der Waals surface area contributed by atoms with Crippen LogP contribution < -0.4 is 16.0 Å². The maximum absolute atomic E-state index is 12.6. The van der Waals surface area contributed by atoms with Gasteiger partial charge in [0.15, 0.2) is 0 Å². The molecule has 3 amide bonds. The Morgan fingerprint density at radius 3 is 1.96 bits per heavy atom. The fourth-order valence-electron chi connectivity index (χ4n) is 2.49. The van der Waals surface area contributed by atoms with E-state index in [1.165, 1.54) is 13.8 Å². The van der Waals surface area contributed by atoms with Gasteiger partial charge in [-0.25, -0.2) is 0 Å². The zero-order valence-electron chi connectivity index (χ0n) is 14.7. The highest BCUT2D eigenvalue weighted by Crippen LogP contribution is 2.24. The van der Waals surface area contributed by atoms with Crippen molar-refractivity contribution in [2.45, 2.75) is 26.8 Å². The predicted molar refractivity (Wildman–Crippen MR) is 102 cm³/mol. The normalized spacial score (nSPS) is 11.4. The molecule has 0 saturated carbocycles. The van der Waals surface area contributed by atoms with Crippen LogP contribution in [0.25, 0.3) is 0 Å². The Hall–Kier alpha value is -2.86. The van der Waals surface area contributed by atoms with E-state index in [2.05, 4.69) is 16.0 Å². The first-order valence-corrected chi connectivity index (χ1v) is 8.39. The van der Waals surface area contributed by atoms with E-state index >= 15 is 0 Å². The molecule has 3 N–H and O–H groups in total. The van der Waals surface area contributed by atoms with Gasteiger partial charge in [0, 0.05) is 35.8 Å². The molecule has 0 aliphatic heterocycles. The van der Waals surface area contributed by atoms with Gasteiger partial charge in [0.25, 0.3) is 5.91 Å². The summed E-state index contributed by atoms with van der Waals surface area (Å²) in [7, 11) is 0. The molecule has 0 aliphatic rings. The Kier molecular flexibility index (Phi) is 6.36. The third-order valence-corrected chi connectivity index (χ3v) is 3.90. The summed E-state index contributed by atoms with van der Waals surface area (Å²) in [6.07, 6.45) is 0. The average Bonchev–Trinajstić information content (AvgIpc) is 2.53. The lowest BCUT2D eigenvalue weighted by molar-refractivity contribution is -0.115. The van der Waals surface area contributed by atoms with Crippen LogP contribution in [0, 0.1) is 0 Å². The van der Waals surface area contributed by atoms with Crippen LogP contribution in [0.1, 0.15) is 42.7 Å². The second-order valence-corrected chi connectivity index (χ2v) is 6.29. The largest absolute Gasteiger partial charge is 0.345 e. The predicted octanol–water partition coefficient (Wildman–Crippen LogP) is 3.75. The number of carbonyl (C=O) groups excluding carboxylic acids is 3. The standard InChI is InChI=1S/C19H20ClN3O3/c1-11(17-6-4-5-7-18(17)20)21-19(26)14-8-15(22-12(2)24)10-16(9-14)23-13(3)25/h4-11H,1-3H3,(H,21,26)(H,22,24)(H,23,25)/t11-/m0/s1. The van der Waals surface area contributed by atoms with Gasteiger partial charge in [-0.1, -0.05) is 29.8 Å². The van der Waals surface area contributed by atoms with Crippen LogP contribution in [0.3, 0.4) is 0 Å². The van der Waals surface area contributed by atoms with Crippen molar-refractivity contribution >= 4 is 40.7 Å². The SMILES string of the molecule is CC(=O)Nc1cc(NC(C)=O)cc(C(=O)N[C@@H](C)c2ccccc2Cl)c1. The second kappa shape index (κ2) is 8.49. The van der Waals surface area contributed by atoms with Gasteiger partial charge in [-0.3, -0.25) is 14.4 Å². The maximum atomic E-state index is 12.6. The molecular weight excluding hydrogens is 354 g/mol. The molecule has 0 radical (unpaired) electrons. The minimum absolute atomic E-state index is 0.277. The number of anilines is 2. The highest BCUT2D eigenvalue weighted by Gasteiger charge is 2.15. The summed E-state index contributed by atoms with van der Waals surface area (Å²) in [5, 5.41) is 8.66. The van der Waals surface area contributed by atoms with Crippen molar-refractivity contribution in [2.24, 2.45) is 0 Å². The molecule has 0 bridgehead atoms. The number of amides is 3. The van der Waals surface area contributed by atoms with Crippen LogP contribution in [-0.2, 0) is 9.59 Å². The fourth-order valence-corrected chi connectivity index (χ4v) is 2.79. The van der Waals surface area contributed by atoms with E-state index in [9.17, 15) is 14.4 Å². The van der Waals surface area contributed by atoms with E-state index in [-0.39, 0.29) is 23.8 Å². The lowest BCUT2D eigenvalue weighted by Crippen LogP contribution is -2.27. The Bertz CT molecular complexity index is 817. The molecule has 1 atom stereocenters. The lowest BCUT2D eigenvalue weighted by atomic mass is 10.1. The van der Waals surface area contributed by atoms with Gasteiger partial charge in [0.2, 0.25) is 11.8 Å². The molecule has 0 aliphatic carbocycles. The van der Waals surface area contributed by atoms with Crippen LogP contribution in [0.4, 0.5) is 11.4 Å². The first-order chi connectivity index (χ1) is 12.3. The van der Waals surface area contributed by atoms with Crippen LogP contribution >= 0.6 is 11.6 Å². The average molecular weight is 374 g/mol. The summed E-state index contributed by atoms with van der Waals surface area (Å²) >= 11 is 6.17. The third kappa shape index (κ3) is 5.32. The van der Waals surface area contributed by atoms with Gasteiger partial charge in [-0.2, -0.15) is 0 Å². The highest BCUT2D eigenvalue weighted by molar-refractivity contribution is 6.31. The van der Waals surface area contributed by atoms with Crippen molar-refractivity contribution in [3.05, 3.63) is 58.6 Å². The summed E-state index contributed by atoms with van der Waals surface area (Å²) < 4.78 is 0. The van der Waals surface area contributed by atoms with Gasteiger partial charge in [0.05, 0.1) is 6.04 Å². The monoisotopic (exact) mass is 373 g/mol. The van der Waals surface area contributed by atoms with Crippen molar-refractivity contribution < 1.29 is 14.4 Å². The molecule has 0 unspecified atom stereocenters. The van der Waals surface area contributed by atoms with Crippen LogP contribution in [-0.4, -0.2) is 17.7 Å². The van der Waals surface area contributed by atoms with Crippen molar-refractivity contribution in [1.82, 2.24) is 5.32 Å². The summed E-state index contributed by atoms with van der Waals surface area (Å²) in [6, 6.07) is 11.6. The molecule has 0 aromatic heterocycles. The first-order valence-electron chi connectivity index (χ1n) is 8.02. The highest BCUT2D eigenvalue weighted by atomic mass is 35.5. The van der Waals surface area contributed by atoms with Gasteiger partial charge in [-0.15, -0.1) is 0 Å². The summed E-state index contributed by atoms with van der Waals surface area (Å²) in [4.78, 5) is 35.3. The van der Waals surface area contributed by atoms with E-state index in [1.807, 2.05) is 25.1 Å². The molecule has 2 rings (SSSR count). The second-order valence-electron chi connectivity index (χ2n) is 5.88. The topological polar surface area (TPSA) is 87.3 Å². The fraction of sp³-hybridized carbons (Fsp3) is 0.211. The summed E-state index contributed by atoms with van der Waals surface area (Å²) in [6.45, 7) is 4.56. The summed E-state index contributed by atoms with van der Waals surface area (Å²) in [5.41, 5.74) is 1.93. The van der Waals surface area contributed by atoms with Crippen molar-refractivity contribution in [1.29, 1.82) is 0 Å². The molecule has 0 saturated heterocycles. The van der Waals surface area contributed by atoms with Gasteiger partial charge < -0.3 is 16.0 Å². The maximum Gasteiger partial charge on any atom is 0.251 e. The van der Waals surface area contributed by atoms with E-state index in [0.29, 0.717) is 22.0 Å². The Morgan fingerprint density at radius 2 is 1.46 bits per heavy atom. The van der Waals surface area contributed by atoms with E-state index in [0.717, 1.165) is 5.56 Å². The van der Waals surface area contributed by atoms with Gasteiger partial charge in [-0.05, 0) is 36.8 Å². The number of rotatable bonds is 5. The van der Waals surface area contributed by atoms with E-state index < -0.39 is 0 Å². The third-order valence-electron chi connectivity index (χ3n) is 3.56. The van der Waals surface area contributed by atoms with Crippen LogP contribution in [0.5, 0.6) is 0 Å². The number of halogens is 1. The molecule has 7 heteroatoms. The molecule has 0 heterocycles. The van der Waals surface area contributed by atoms with Crippen LogP contribution in [0.2, 0.25) is 5.02 Å². The van der Waals surface area contributed by atoms with Gasteiger partial charge >= 0.3 is 0 Å². The Balaban J connectivity index is 2.27. The summed E-state index contributed by atoms with van der Waals surface area (Å²) in [5.74, 6) is -0.905. The molecule has 26 heavy (non-hydrogen) atoms. The first kappa shape index (κ1) is 19.5. The van der Waals surface area contributed by atoms with E-state index in [1.54, 1.807) is 24.3 Å². The number of carbonyl (C=O) groups is 3. The van der Waals surface area contributed by atoms with Crippen molar-refractivity contribution in [3.8, 4) is 0 Å². The quantitative estimate of drug-likeness (QED) is 0.745. The molecule has 2 aromatic rings. The Morgan fingerprint density at radius 1 is 0.923 bits per heavy atom. The smallest absolute Gasteiger partial charge is 0.251 e. The molecule has 0 fully saturated rings. The molecule has 0 spiro atoms. The number of benzene rings is 2. The van der Waals surface area contributed by atoms with Crippen LogP contribution in [0.15, 0.2) is 42.5 Å². The molecule has 136 valence electrons. The number of nitrogens with one attached hydrogen (secondary N) is 3. The van der Waals surface area contributed by atoms with E-state index in [4.69, 9.17) is 11.6 Å². The molecule has 2 aromatic carbocycles. The lowest BCUT2D eigenvalue weighted by Gasteiger charge is -2.17. The zero-order chi connectivity index (χ0) is 19.3. The zero-order valence-corrected chi connectivity index (χ0v) is 15.5. The van der Waals surface area contributed by atoms with Crippen molar-refractivity contribution in [2.75, 3.05) is 10.6 Å². The number of hydrogen-bond donors (Lipinski definition) is 3. The van der Waals surface area contributed by atoms with Crippen molar-refractivity contribution in [3.63, 3.8) is 0 Å². The Labute approximate surface area is 156 Å². The molecule has 6 nitrogen and oxygen atoms in total. The minimum Gasteiger partial charge on any atom is -0.345 e. The molecular formula is C19H20ClN3O3. The number of hydrogen-bond acceptors (Lipinski definition) is 3.